The molecule has 10 heteroatoms. The predicted molar refractivity (Wildman–Crippen MR) is 97.1 cm³/mol. The third-order valence-corrected chi connectivity index (χ3v) is 4.86. The third kappa shape index (κ3) is 2.85. The van der Waals surface area contributed by atoms with Crippen LogP contribution in [0.4, 0.5) is 19.7 Å². The van der Waals surface area contributed by atoms with Crippen LogP contribution >= 0.6 is 0 Å². The van der Waals surface area contributed by atoms with Gasteiger partial charge in [-0.3, -0.25) is 14.9 Å². The molecule has 2 aromatic carbocycles. The van der Waals surface area contributed by atoms with Crippen molar-refractivity contribution >= 4 is 29.6 Å². The summed E-state index contributed by atoms with van der Waals surface area (Å²) in [4.78, 5) is 50.8. The molecule has 0 saturated carbocycles. The van der Waals surface area contributed by atoms with Crippen LogP contribution in [0.2, 0.25) is 0 Å². The van der Waals surface area contributed by atoms with Crippen molar-refractivity contribution in [3.63, 3.8) is 0 Å². The molecule has 2 aliphatic rings. The number of para-hydroxylation sites is 1. The minimum atomic E-state index is -1.99. The van der Waals surface area contributed by atoms with Gasteiger partial charge in [0.15, 0.2) is 11.6 Å². The van der Waals surface area contributed by atoms with Gasteiger partial charge < -0.3 is 15.8 Å². The van der Waals surface area contributed by atoms with E-state index in [0.29, 0.717) is 10.6 Å². The second-order valence-electron chi connectivity index (χ2n) is 6.60. The summed E-state index contributed by atoms with van der Waals surface area (Å²) in [5.74, 6) is -2.51. The molecule has 9 nitrogen and oxygen atoms in total. The molecule has 2 aliphatic heterocycles. The number of nitrogens with two attached hydrogens (primary N) is 1. The van der Waals surface area contributed by atoms with Crippen molar-refractivity contribution in [1.82, 2.24) is 10.2 Å². The van der Waals surface area contributed by atoms with E-state index in [4.69, 9.17) is 10.5 Å². The summed E-state index contributed by atoms with van der Waals surface area (Å²) < 4.78 is 19.5. The monoisotopic (exact) mass is 398 g/mol. The topological polar surface area (TPSA) is 131 Å². The molecular weight excluding hydrogens is 383 g/mol. The largest absolute Gasteiger partial charge is 0.480 e. The second-order valence-corrected chi connectivity index (χ2v) is 6.60. The molecule has 148 valence electrons. The number of rotatable bonds is 2. The fourth-order valence-corrected chi connectivity index (χ4v) is 3.58. The third-order valence-electron chi connectivity index (χ3n) is 4.86. The van der Waals surface area contributed by atoms with Crippen LogP contribution < -0.4 is 21.1 Å². The van der Waals surface area contributed by atoms with Gasteiger partial charge in [0.2, 0.25) is 0 Å². The standard InChI is InChI=1S/C19H15FN4O5/c20-10-6-7-13-12(8-10)19(9-14(29-13)15(21)25)16(26)23-18(28)24(19)17(27)22-11-4-2-1-3-5-11/h1-8,14H,9H2,(H2,21,25)(H,22,27)(H,23,26,28). The summed E-state index contributed by atoms with van der Waals surface area (Å²) in [5, 5.41) is 4.59. The summed E-state index contributed by atoms with van der Waals surface area (Å²) in [7, 11) is 0. The first kappa shape index (κ1) is 18.4. The number of anilines is 1. The molecule has 1 spiro atoms. The zero-order valence-corrected chi connectivity index (χ0v) is 14.8. The molecule has 0 radical (unpaired) electrons. The van der Waals surface area contributed by atoms with Crippen LogP contribution in [-0.4, -0.2) is 34.9 Å². The minimum absolute atomic E-state index is 0.0242. The molecule has 1 saturated heterocycles. The van der Waals surface area contributed by atoms with Gasteiger partial charge in [0.25, 0.3) is 11.8 Å². The number of nitrogens with one attached hydrogen (secondary N) is 2. The maximum atomic E-state index is 14.0. The SMILES string of the molecule is NC(=O)C1CC2(C(=O)NC(=O)N2C(=O)Nc2ccccc2)c2cc(F)ccc2O1. The van der Waals surface area contributed by atoms with Crippen LogP contribution in [0.25, 0.3) is 0 Å². The lowest BCUT2D eigenvalue weighted by Crippen LogP contribution is -2.57. The van der Waals surface area contributed by atoms with Crippen molar-refractivity contribution in [1.29, 1.82) is 0 Å². The Labute approximate surface area is 163 Å². The Morgan fingerprint density at radius 3 is 2.62 bits per heavy atom. The Balaban J connectivity index is 1.85. The molecule has 2 unspecified atom stereocenters. The van der Waals surface area contributed by atoms with Gasteiger partial charge in [-0.15, -0.1) is 0 Å². The van der Waals surface area contributed by atoms with Crippen LogP contribution in [0, 0.1) is 5.82 Å². The zero-order chi connectivity index (χ0) is 20.8. The van der Waals surface area contributed by atoms with E-state index in [-0.39, 0.29) is 11.3 Å². The molecule has 4 rings (SSSR count). The highest BCUT2D eigenvalue weighted by Gasteiger charge is 2.61. The van der Waals surface area contributed by atoms with E-state index >= 15 is 0 Å². The van der Waals surface area contributed by atoms with E-state index in [1.165, 1.54) is 6.07 Å². The number of nitrogens with zero attached hydrogens (tertiary/aromatic N) is 1. The number of benzene rings is 2. The molecule has 4 N–H and O–H groups in total. The van der Waals surface area contributed by atoms with E-state index in [9.17, 15) is 23.6 Å². The van der Waals surface area contributed by atoms with Gasteiger partial charge in [0.1, 0.15) is 11.6 Å². The van der Waals surface area contributed by atoms with E-state index in [1.807, 2.05) is 0 Å². The Morgan fingerprint density at radius 2 is 1.93 bits per heavy atom. The number of amides is 6. The molecule has 1 fully saturated rings. The Bertz CT molecular complexity index is 1040. The highest BCUT2D eigenvalue weighted by atomic mass is 19.1. The first-order valence-electron chi connectivity index (χ1n) is 8.60. The molecule has 2 heterocycles. The summed E-state index contributed by atoms with van der Waals surface area (Å²) in [6.45, 7) is 0. The lowest BCUT2D eigenvalue weighted by molar-refractivity contribution is -0.133. The van der Waals surface area contributed by atoms with Gasteiger partial charge in [-0.1, -0.05) is 18.2 Å². The quantitative estimate of drug-likeness (QED) is 0.659. The first-order valence-corrected chi connectivity index (χ1v) is 8.60. The van der Waals surface area contributed by atoms with Gasteiger partial charge in [0, 0.05) is 17.7 Å². The highest BCUT2D eigenvalue weighted by Crippen LogP contribution is 2.46. The minimum Gasteiger partial charge on any atom is -0.480 e. The van der Waals surface area contributed by atoms with Crippen molar-refractivity contribution in [3.05, 3.63) is 59.9 Å². The number of ether oxygens (including phenoxy) is 1. The Hall–Kier alpha value is -3.95. The molecule has 2 atom stereocenters. The number of carbonyl (C=O) groups is 4. The molecule has 0 bridgehead atoms. The van der Waals surface area contributed by atoms with E-state index in [2.05, 4.69) is 10.6 Å². The Morgan fingerprint density at radius 1 is 1.21 bits per heavy atom. The molecule has 0 aromatic heterocycles. The average Bonchev–Trinajstić information content (AvgIpc) is 2.93. The van der Waals surface area contributed by atoms with Crippen molar-refractivity contribution in [2.24, 2.45) is 5.73 Å². The lowest BCUT2D eigenvalue weighted by atomic mass is 9.80. The van der Waals surface area contributed by atoms with Crippen LogP contribution in [0.3, 0.4) is 0 Å². The normalized spacial score (nSPS) is 22.7. The average molecular weight is 398 g/mol. The number of urea groups is 2. The number of fused-ring (bicyclic) bond motifs is 2. The fraction of sp³-hybridized carbons (Fsp3) is 0.158. The zero-order valence-electron chi connectivity index (χ0n) is 14.8. The maximum absolute atomic E-state index is 14.0. The van der Waals surface area contributed by atoms with E-state index < -0.39 is 47.8 Å². The Kier molecular flexibility index (Phi) is 4.18. The van der Waals surface area contributed by atoms with Gasteiger partial charge in [0.05, 0.1) is 0 Å². The van der Waals surface area contributed by atoms with Gasteiger partial charge in [-0.05, 0) is 30.3 Å². The number of hydrogen-bond donors (Lipinski definition) is 3. The summed E-state index contributed by atoms with van der Waals surface area (Å²) in [6, 6.07) is 9.58. The molecular formula is C19H15FN4O5. The van der Waals surface area contributed by atoms with Crippen molar-refractivity contribution in [3.8, 4) is 5.75 Å². The molecule has 29 heavy (non-hydrogen) atoms. The van der Waals surface area contributed by atoms with E-state index in [1.54, 1.807) is 30.3 Å². The number of primary amides is 1. The highest BCUT2D eigenvalue weighted by molar-refractivity contribution is 6.16. The molecule has 0 aliphatic carbocycles. The van der Waals surface area contributed by atoms with Crippen molar-refractivity contribution in [2.75, 3.05) is 5.32 Å². The van der Waals surface area contributed by atoms with Gasteiger partial charge >= 0.3 is 12.1 Å². The van der Waals surface area contributed by atoms with Crippen LogP contribution in [0.5, 0.6) is 5.75 Å². The predicted octanol–water partition coefficient (Wildman–Crippen LogP) is 1.44. The van der Waals surface area contributed by atoms with Crippen LogP contribution in [0.15, 0.2) is 48.5 Å². The smallest absolute Gasteiger partial charge is 0.333 e. The fourth-order valence-electron chi connectivity index (χ4n) is 3.58. The molecule has 2 aromatic rings. The summed E-state index contributed by atoms with van der Waals surface area (Å²) >= 11 is 0. The van der Waals surface area contributed by atoms with Crippen LogP contribution in [0.1, 0.15) is 12.0 Å². The first-order chi connectivity index (χ1) is 13.8. The molecule has 6 amide bonds. The summed E-state index contributed by atoms with van der Waals surface area (Å²) in [6.07, 6.45) is -1.75. The second kappa shape index (κ2) is 6.59. The summed E-state index contributed by atoms with van der Waals surface area (Å²) in [5.41, 5.74) is 3.68. The van der Waals surface area contributed by atoms with Crippen molar-refractivity contribution < 1.29 is 28.3 Å². The van der Waals surface area contributed by atoms with Crippen molar-refractivity contribution in [2.45, 2.75) is 18.1 Å². The lowest BCUT2D eigenvalue weighted by Gasteiger charge is -2.40. The number of hydrogen-bond acceptors (Lipinski definition) is 5. The maximum Gasteiger partial charge on any atom is 0.333 e. The number of carbonyl (C=O) groups excluding carboxylic acids is 4. The number of imide groups is 2. The van der Waals surface area contributed by atoms with Gasteiger partial charge in [-0.25, -0.2) is 18.9 Å². The van der Waals surface area contributed by atoms with Crippen LogP contribution in [-0.2, 0) is 15.1 Å². The number of halogens is 1. The van der Waals surface area contributed by atoms with E-state index in [0.717, 1.165) is 12.1 Å². The van der Waals surface area contributed by atoms with Gasteiger partial charge in [-0.2, -0.15) is 0 Å².